The molecule has 1 aliphatic carbocycles. The van der Waals surface area contributed by atoms with Crippen molar-refractivity contribution < 1.29 is 68.9 Å². The van der Waals surface area contributed by atoms with Crippen molar-refractivity contribution in [1.82, 2.24) is 0 Å². The molecular formula is C29H54N2O14. The molecular weight excluding hydrogens is 600 g/mol. The van der Waals surface area contributed by atoms with Gasteiger partial charge in [-0.05, 0) is 31.1 Å². The van der Waals surface area contributed by atoms with Gasteiger partial charge in [-0.1, -0.05) is 27.7 Å². The predicted octanol–water partition coefficient (Wildman–Crippen LogP) is -3.36. The lowest BCUT2D eigenvalue weighted by Gasteiger charge is -2.47. The van der Waals surface area contributed by atoms with Crippen LogP contribution < -0.4 is 11.5 Å². The van der Waals surface area contributed by atoms with Crippen molar-refractivity contribution in [2.45, 2.75) is 151 Å². The van der Waals surface area contributed by atoms with Crippen LogP contribution in [0, 0.1) is 11.8 Å². The Labute approximate surface area is 263 Å². The van der Waals surface area contributed by atoms with E-state index in [1.807, 2.05) is 20.8 Å². The Kier molecular flexibility index (Phi) is 13.4. The minimum atomic E-state index is -1.43. The van der Waals surface area contributed by atoms with Gasteiger partial charge in [0.15, 0.2) is 18.9 Å². The Bertz CT molecular complexity index is 905. The van der Waals surface area contributed by atoms with Gasteiger partial charge in [0.05, 0.1) is 43.6 Å². The molecule has 0 aromatic carbocycles. The highest BCUT2D eigenvalue weighted by atomic mass is 16.8. The monoisotopic (exact) mass is 654 g/mol. The van der Waals surface area contributed by atoms with Gasteiger partial charge >= 0.3 is 0 Å². The van der Waals surface area contributed by atoms with Crippen molar-refractivity contribution in [2.24, 2.45) is 23.3 Å². The summed E-state index contributed by atoms with van der Waals surface area (Å²) in [4.78, 5) is 0. The minimum Gasteiger partial charge on any atom is -0.394 e. The fourth-order valence-corrected chi connectivity index (χ4v) is 6.72. The van der Waals surface area contributed by atoms with E-state index in [1.165, 1.54) is 0 Å². The third-order valence-electron chi connectivity index (χ3n) is 9.46. The largest absolute Gasteiger partial charge is 0.394 e. The normalized spacial score (nSPS) is 51.0. The molecule has 16 nitrogen and oxygen atoms in total. The number of nitrogens with two attached hydrogens (primary N) is 2. The molecule has 1 unspecified atom stereocenters. The van der Waals surface area contributed by atoms with E-state index in [1.54, 1.807) is 6.92 Å². The molecule has 16 heteroatoms. The molecule has 4 fully saturated rings. The van der Waals surface area contributed by atoms with Crippen LogP contribution in [0.2, 0.25) is 0 Å². The molecule has 3 saturated heterocycles. The van der Waals surface area contributed by atoms with Crippen LogP contribution >= 0.6 is 0 Å². The number of hydrogen-bond acceptors (Lipinski definition) is 16. The van der Waals surface area contributed by atoms with Gasteiger partial charge < -0.3 is 80.4 Å². The first kappa shape index (κ1) is 37.2. The fraction of sp³-hybridized carbons (Fsp3) is 1.00. The maximum atomic E-state index is 11.4. The number of ether oxygens (including phenoxy) is 7. The van der Waals surface area contributed by atoms with Gasteiger partial charge in [-0.25, -0.2) is 0 Å². The number of aliphatic hydroxyl groups excluding tert-OH is 7. The Morgan fingerprint density at radius 2 is 1.11 bits per heavy atom. The van der Waals surface area contributed by atoms with E-state index in [2.05, 4.69) is 0 Å². The highest BCUT2D eigenvalue weighted by Gasteiger charge is 2.54. The fourth-order valence-electron chi connectivity index (χ4n) is 6.72. The van der Waals surface area contributed by atoms with Crippen molar-refractivity contribution in [3.63, 3.8) is 0 Å². The zero-order valence-corrected chi connectivity index (χ0v) is 26.4. The van der Waals surface area contributed by atoms with Crippen LogP contribution in [0.3, 0.4) is 0 Å². The molecule has 3 heterocycles. The Hall–Kier alpha value is -0.640. The molecule has 0 aromatic rings. The lowest BCUT2D eigenvalue weighted by atomic mass is 9.77. The average molecular weight is 655 g/mol. The first-order valence-electron chi connectivity index (χ1n) is 16.1. The molecule has 4 rings (SSSR count). The van der Waals surface area contributed by atoms with Crippen molar-refractivity contribution >= 4 is 0 Å². The van der Waals surface area contributed by atoms with E-state index >= 15 is 0 Å². The average Bonchev–Trinajstić information content (AvgIpc) is 3.35. The van der Waals surface area contributed by atoms with E-state index in [0.29, 0.717) is 19.3 Å². The van der Waals surface area contributed by atoms with E-state index in [-0.39, 0.29) is 18.4 Å². The van der Waals surface area contributed by atoms with Gasteiger partial charge in [0.2, 0.25) is 0 Å². The van der Waals surface area contributed by atoms with Crippen molar-refractivity contribution in [2.75, 3.05) is 19.8 Å². The van der Waals surface area contributed by atoms with E-state index in [4.69, 9.17) is 44.6 Å². The Morgan fingerprint density at radius 1 is 0.600 bits per heavy atom. The lowest BCUT2D eigenvalue weighted by Crippen LogP contribution is -2.65. The second-order valence-electron chi connectivity index (χ2n) is 12.8. The highest BCUT2D eigenvalue weighted by molar-refractivity contribution is 4.99. The molecule has 0 aromatic heterocycles. The van der Waals surface area contributed by atoms with E-state index < -0.39 is 117 Å². The maximum absolute atomic E-state index is 11.4. The van der Waals surface area contributed by atoms with Crippen LogP contribution in [0.5, 0.6) is 0 Å². The molecule has 4 aliphatic rings. The van der Waals surface area contributed by atoms with Gasteiger partial charge in [-0.15, -0.1) is 0 Å². The Balaban J connectivity index is 1.57. The van der Waals surface area contributed by atoms with Crippen LogP contribution in [0.25, 0.3) is 0 Å². The van der Waals surface area contributed by atoms with Gasteiger partial charge in [0.25, 0.3) is 0 Å². The maximum Gasteiger partial charge on any atom is 0.187 e. The number of aliphatic hydroxyl groups is 7. The summed E-state index contributed by atoms with van der Waals surface area (Å²) in [6.07, 6.45) is -15.0. The number of hydrogen-bond donors (Lipinski definition) is 9. The second kappa shape index (κ2) is 16.2. The topological polar surface area (TPSA) is 258 Å². The quantitative estimate of drug-likeness (QED) is 0.0995. The SMILES string of the molecule is CCCO[C@H]1[C@H](O[C@@H]2[C@@H](O)[C@H](C)C[C@H](C)[C@H]2O[C@H]2O[C@H](CO)[C@@H](O)[C@H](O)C2N)O[C@H](CO)[C@H]1O[C@H]1O[C@@H](CC)[C@@H](O)[C@H](O)[C@H]1N. The van der Waals surface area contributed by atoms with Gasteiger partial charge in [0, 0.05) is 6.61 Å². The molecule has 264 valence electrons. The van der Waals surface area contributed by atoms with Crippen molar-refractivity contribution in [3.05, 3.63) is 0 Å². The summed E-state index contributed by atoms with van der Waals surface area (Å²) < 4.78 is 42.7. The zero-order chi connectivity index (χ0) is 33.2. The van der Waals surface area contributed by atoms with Crippen LogP contribution in [0.4, 0.5) is 0 Å². The number of rotatable bonds is 12. The molecule has 3 aliphatic heterocycles. The van der Waals surface area contributed by atoms with Crippen molar-refractivity contribution in [1.29, 1.82) is 0 Å². The summed E-state index contributed by atoms with van der Waals surface area (Å²) >= 11 is 0. The first-order chi connectivity index (χ1) is 21.4. The molecule has 0 amide bonds. The smallest absolute Gasteiger partial charge is 0.187 e. The second-order valence-corrected chi connectivity index (χ2v) is 12.8. The summed E-state index contributed by atoms with van der Waals surface area (Å²) in [6.45, 7) is 6.67. The van der Waals surface area contributed by atoms with Gasteiger partial charge in [0.1, 0.15) is 54.9 Å². The van der Waals surface area contributed by atoms with E-state index in [9.17, 15) is 35.7 Å². The molecule has 0 spiro atoms. The van der Waals surface area contributed by atoms with Gasteiger partial charge in [-0.2, -0.15) is 0 Å². The molecule has 0 bridgehead atoms. The summed E-state index contributed by atoms with van der Waals surface area (Å²) in [5.41, 5.74) is 12.3. The van der Waals surface area contributed by atoms with Crippen LogP contribution in [-0.4, -0.2) is 160 Å². The predicted molar refractivity (Wildman–Crippen MR) is 154 cm³/mol. The summed E-state index contributed by atoms with van der Waals surface area (Å²) in [7, 11) is 0. The highest BCUT2D eigenvalue weighted by Crippen LogP contribution is 2.39. The van der Waals surface area contributed by atoms with Crippen LogP contribution in [0.15, 0.2) is 0 Å². The summed E-state index contributed by atoms with van der Waals surface area (Å²) in [6, 6.07) is -2.27. The molecule has 19 atom stereocenters. The molecule has 0 radical (unpaired) electrons. The first-order valence-corrected chi connectivity index (χ1v) is 16.1. The van der Waals surface area contributed by atoms with Gasteiger partial charge in [-0.3, -0.25) is 0 Å². The van der Waals surface area contributed by atoms with Crippen LogP contribution in [-0.2, 0) is 33.2 Å². The minimum absolute atomic E-state index is 0.203. The van der Waals surface area contributed by atoms with Crippen molar-refractivity contribution in [3.8, 4) is 0 Å². The Morgan fingerprint density at radius 3 is 1.67 bits per heavy atom. The van der Waals surface area contributed by atoms with Crippen LogP contribution in [0.1, 0.15) is 47.0 Å². The molecule has 11 N–H and O–H groups in total. The standard InChI is InChI=1S/C29H54N2O14/c1-5-7-39-26-24(44-27-16(30)21(37)19(35)13(6-2)40-27)15(10-33)42-29(26)45-25-18(34)11(3)8-12(4)23(25)43-28-17(31)22(38)20(36)14(9-32)41-28/h11-29,32-38H,5-10,30-31H2,1-4H3/t11-,12+,13+,14-,15-,16-,17?,18+,19-,20-,21-,22-,23-,24-,25-,26-,27-,28-,29+/m1/s1. The third-order valence-corrected chi connectivity index (χ3v) is 9.46. The third kappa shape index (κ3) is 7.83. The van der Waals surface area contributed by atoms with E-state index in [0.717, 1.165) is 0 Å². The molecule has 1 saturated carbocycles. The lowest BCUT2D eigenvalue weighted by molar-refractivity contribution is -0.318. The zero-order valence-electron chi connectivity index (χ0n) is 26.4. The summed E-state index contributed by atoms with van der Waals surface area (Å²) in [5.74, 6) is -0.418. The summed E-state index contributed by atoms with van der Waals surface area (Å²) in [5, 5.41) is 72.9. The molecule has 45 heavy (non-hydrogen) atoms.